The highest BCUT2D eigenvalue weighted by Crippen LogP contribution is 2.18. The van der Waals surface area contributed by atoms with Crippen LogP contribution in [0.2, 0.25) is 0 Å². The maximum atomic E-state index is 4.71. The second-order valence-corrected chi connectivity index (χ2v) is 6.26. The summed E-state index contributed by atoms with van der Waals surface area (Å²) in [5.41, 5.74) is 1.38. The lowest BCUT2D eigenvalue weighted by atomic mass is 10.1. The predicted octanol–water partition coefficient (Wildman–Crippen LogP) is 3.76. The molecule has 0 saturated carbocycles. The van der Waals surface area contributed by atoms with Crippen LogP contribution < -0.4 is 10.6 Å². The summed E-state index contributed by atoms with van der Waals surface area (Å²) >= 11 is 1.75. The van der Waals surface area contributed by atoms with Crippen molar-refractivity contribution in [2.24, 2.45) is 4.99 Å². The monoisotopic (exact) mass is 452 g/mol. The summed E-state index contributed by atoms with van der Waals surface area (Å²) in [6.45, 7) is 14.9. The first-order valence-corrected chi connectivity index (χ1v) is 9.42. The summed E-state index contributed by atoms with van der Waals surface area (Å²) in [5, 5.41) is 11.1. The normalized spacial score (nSPS) is 12.8. The van der Waals surface area contributed by atoms with Gasteiger partial charge in [-0.25, -0.2) is 0 Å². The van der Waals surface area contributed by atoms with E-state index in [1.54, 1.807) is 11.3 Å². The van der Waals surface area contributed by atoms with Gasteiger partial charge in [-0.1, -0.05) is 20.8 Å². The van der Waals surface area contributed by atoms with Crippen LogP contribution in [0.4, 0.5) is 0 Å². The summed E-state index contributed by atoms with van der Waals surface area (Å²) < 4.78 is 0. The van der Waals surface area contributed by atoms with Crippen molar-refractivity contribution in [2.75, 3.05) is 39.3 Å². The first kappa shape index (κ1) is 22.7. The van der Waals surface area contributed by atoms with Gasteiger partial charge in [0.25, 0.3) is 0 Å². The van der Waals surface area contributed by atoms with Crippen LogP contribution in [-0.2, 0) is 0 Å². The van der Waals surface area contributed by atoms with Crippen molar-refractivity contribution in [3.05, 3.63) is 22.4 Å². The van der Waals surface area contributed by atoms with E-state index in [1.165, 1.54) is 5.56 Å². The topological polar surface area (TPSA) is 39.7 Å². The summed E-state index contributed by atoms with van der Waals surface area (Å²) in [6, 6.07) is 2.19. The Hall–Kier alpha value is -0.340. The lowest BCUT2D eigenvalue weighted by Crippen LogP contribution is -2.39. The third kappa shape index (κ3) is 9.52. The third-order valence-electron chi connectivity index (χ3n) is 3.82. The number of nitrogens with zero attached hydrogens (tertiary/aromatic N) is 2. The molecule has 0 amide bonds. The number of thiophene rings is 1. The Balaban J connectivity index is 0.00000484. The van der Waals surface area contributed by atoms with E-state index in [4.69, 9.17) is 4.99 Å². The fourth-order valence-electron chi connectivity index (χ4n) is 2.28. The second-order valence-electron chi connectivity index (χ2n) is 5.48. The Morgan fingerprint density at radius 1 is 1.26 bits per heavy atom. The molecule has 1 atom stereocenters. The first-order chi connectivity index (χ1) is 10.7. The fourth-order valence-corrected chi connectivity index (χ4v) is 3.06. The van der Waals surface area contributed by atoms with Gasteiger partial charge in [0, 0.05) is 25.6 Å². The van der Waals surface area contributed by atoms with Crippen molar-refractivity contribution in [2.45, 2.75) is 40.0 Å². The number of halogens is 1. The molecule has 1 aromatic rings. The van der Waals surface area contributed by atoms with E-state index in [-0.39, 0.29) is 24.0 Å². The molecule has 6 heteroatoms. The Kier molecular flexibility index (Phi) is 13.8. The van der Waals surface area contributed by atoms with Crippen LogP contribution in [0.5, 0.6) is 0 Å². The molecule has 0 aliphatic carbocycles. The Labute approximate surface area is 163 Å². The molecule has 0 spiro atoms. The van der Waals surface area contributed by atoms with Gasteiger partial charge < -0.3 is 15.5 Å². The van der Waals surface area contributed by atoms with E-state index in [2.05, 4.69) is 60.1 Å². The molecule has 0 saturated heterocycles. The molecule has 1 aromatic heterocycles. The molecular formula is C17H33IN4S. The molecule has 134 valence electrons. The zero-order chi connectivity index (χ0) is 16.2. The SMILES string of the molecule is CCNC(=NCC(C)c1ccsc1)NCCCN(CC)CC.I. The van der Waals surface area contributed by atoms with Gasteiger partial charge in [0.1, 0.15) is 0 Å². The minimum Gasteiger partial charge on any atom is -0.357 e. The highest BCUT2D eigenvalue weighted by molar-refractivity contribution is 14.0. The molecule has 0 fully saturated rings. The number of hydrogen-bond acceptors (Lipinski definition) is 3. The van der Waals surface area contributed by atoms with Crippen molar-refractivity contribution in [3.8, 4) is 0 Å². The molecule has 1 heterocycles. The molecule has 1 rings (SSSR count). The molecule has 23 heavy (non-hydrogen) atoms. The van der Waals surface area contributed by atoms with Crippen LogP contribution in [0.3, 0.4) is 0 Å². The van der Waals surface area contributed by atoms with Crippen molar-refractivity contribution in [1.29, 1.82) is 0 Å². The summed E-state index contributed by atoms with van der Waals surface area (Å²) in [6.07, 6.45) is 1.15. The maximum absolute atomic E-state index is 4.71. The summed E-state index contributed by atoms with van der Waals surface area (Å²) in [7, 11) is 0. The number of hydrogen-bond donors (Lipinski definition) is 2. The lowest BCUT2D eigenvalue weighted by Gasteiger charge is -2.18. The predicted molar refractivity (Wildman–Crippen MR) is 115 cm³/mol. The molecule has 0 aliphatic rings. The van der Waals surface area contributed by atoms with Gasteiger partial charge in [0.15, 0.2) is 5.96 Å². The largest absolute Gasteiger partial charge is 0.357 e. The van der Waals surface area contributed by atoms with Gasteiger partial charge in [-0.15, -0.1) is 24.0 Å². The zero-order valence-corrected chi connectivity index (χ0v) is 18.1. The quantitative estimate of drug-likeness (QED) is 0.246. The molecular weight excluding hydrogens is 419 g/mol. The molecule has 0 aliphatic heterocycles. The average Bonchev–Trinajstić information content (AvgIpc) is 3.06. The zero-order valence-electron chi connectivity index (χ0n) is 15.0. The van der Waals surface area contributed by atoms with Gasteiger partial charge in [0.05, 0.1) is 0 Å². The van der Waals surface area contributed by atoms with Crippen molar-refractivity contribution < 1.29 is 0 Å². The lowest BCUT2D eigenvalue weighted by molar-refractivity contribution is 0.300. The Morgan fingerprint density at radius 2 is 2.00 bits per heavy atom. The van der Waals surface area contributed by atoms with Crippen LogP contribution in [0.25, 0.3) is 0 Å². The third-order valence-corrected chi connectivity index (χ3v) is 4.52. The Morgan fingerprint density at radius 3 is 2.57 bits per heavy atom. The molecule has 2 N–H and O–H groups in total. The van der Waals surface area contributed by atoms with Crippen LogP contribution >= 0.6 is 35.3 Å². The van der Waals surface area contributed by atoms with Gasteiger partial charge >= 0.3 is 0 Å². The summed E-state index contributed by atoms with van der Waals surface area (Å²) in [5.74, 6) is 1.40. The van der Waals surface area contributed by atoms with Crippen molar-refractivity contribution >= 4 is 41.3 Å². The van der Waals surface area contributed by atoms with E-state index in [0.29, 0.717) is 5.92 Å². The minimum absolute atomic E-state index is 0. The van der Waals surface area contributed by atoms with E-state index >= 15 is 0 Å². The van der Waals surface area contributed by atoms with E-state index < -0.39 is 0 Å². The van der Waals surface area contributed by atoms with E-state index in [1.807, 2.05) is 0 Å². The Bertz CT molecular complexity index is 405. The average molecular weight is 452 g/mol. The van der Waals surface area contributed by atoms with Gasteiger partial charge in [-0.05, 0) is 55.4 Å². The van der Waals surface area contributed by atoms with Crippen LogP contribution in [0.1, 0.15) is 45.6 Å². The number of guanidine groups is 1. The highest BCUT2D eigenvalue weighted by Gasteiger charge is 2.06. The second kappa shape index (κ2) is 14.0. The standard InChI is InChI=1S/C17H32N4S.HI/c1-5-18-17(19-10-8-11-21(6-2)7-3)20-13-15(4)16-9-12-22-14-16;/h9,12,14-15H,5-8,10-11,13H2,1-4H3,(H2,18,19,20);1H. The van der Waals surface area contributed by atoms with E-state index in [0.717, 1.165) is 51.6 Å². The molecule has 0 radical (unpaired) electrons. The smallest absolute Gasteiger partial charge is 0.191 e. The van der Waals surface area contributed by atoms with E-state index in [9.17, 15) is 0 Å². The summed E-state index contributed by atoms with van der Waals surface area (Å²) in [4.78, 5) is 7.16. The fraction of sp³-hybridized carbons (Fsp3) is 0.706. The van der Waals surface area contributed by atoms with Crippen LogP contribution in [0.15, 0.2) is 21.8 Å². The van der Waals surface area contributed by atoms with Gasteiger partial charge in [-0.2, -0.15) is 11.3 Å². The van der Waals surface area contributed by atoms with Crippen LogP contribution in [-0.4, -0.2) is 50.1 Å². The highest BCUT2D eigenvalue weighted by atomic mass is 127. The number of rotatable bonds is 10. The number of aliphatic imine (C=N–C) groups is 1. The van der Waals surface area contributed by atoms with Crippen molar-refractivity contribution in [1.82, 2.24) is 15.5 Å². The number of nitrogens with one attached hydrogen (secondary N) is 2. The molecule has 0 bridgehead atoms. The van der Waals surface area contributed by atoms with Gasteiger partial charge in [-0.3, -0.25) is 4.99 Å². The van der Waals surface area contributed by atoms with Crippen LogP contribution in [0, 0.1) is 0 Å². The molecule has 1 unspecified atom stereocenters. The minimum atomic E-state index is 0. The maximum Gasteiger partial charge on any atom is 0.191 e. The van der Waals surface area contributed by atoms with Gasteiger partial charge in [0.2, 0.25) is 0 Å². The molecule has 0 aromatic carbocycles. The van der Waals surface area contributed by atoms with Crippen molar-refractivity contribution in [3.63, 3.8) is 0 Å². The molecule has 4 nitrogen and oxygen atoms in total. The first-order valence-electron chi connectivity index (χ1n) is 8.47.